The van der Waals surface area contributed by atoms with Gasteiger partial charge in [0.2, 0.25) is 17.7 Å². The number of phenolic OH excluding ortho intramolecular Hbond substituents is 1. The molecule has 0 aliphatic rings. The van der Waals surface area contributed by atoms with Gasteiger partial charge in [-0.1, -0.05) is 56.3 Å². The van der Waals surface area contributed by atoms with Crippen molar-refractivity contribution in [2.45, 2.75) is 63.7 Å². The summed E-state index contributed by atoms with van der Waals surface area (Å²) in [6, 6.07) is 11.0. The second-order valence-electron chi connectivity index (χ2n) is 10.6. The summed E-state index contributed by atoms with van der Waals surface area (Å²) in [4.78, 5) is 58.5. The Kier molecular flexibility index (Phi) is 11.6. The third-order valence-electron chi connectivity index (χ3n) is 6.58. The van der Waals surface area contributed by atoms with Gasteiger partial charge in [-0.25, -0.2) is 9.78 Å². The van der Waals surface area contributed by atoms with Crippen LogP contribution in [0.5, 0.6) is 5.75 Å². The Morgan fingerprint density at radius 1 is 0.810 bits per heavy atom. The van der Waals surface area contributed by atoms with Crippen molar-refractivity contribution in [1.82, 2.24) is 25.9 Å². The number of H-pyrrole nitrogens is 1. The molecule has 224 valence electrons. The van der Waals surface area contributed by atoms with Crippen molar-refractivity contribution in [3.05, 3.63) is 83.9 Å². The van der Waals surface area contributed by atoms with Gasteiger partial charge in [0.05, 0.1) is 12.4 Å². The fourth-order valence-corrected chi connectivity index (χ4v) is 4.38. The second-order valence-corrected chi connectivity index (χ2v) is 10.6. The lowest BCUT2D eigenvalue weighted by Gasteiger charge is -2.26. The Morgan fingerprint density at radius 3 is 2.00 bits per heavy atom. The summed E-state index contributed by atoms with van der Waals surface area (Å²) in [6.45, 7) is 3.73. The number of phenols is 1. The normalized spacial score (nSPS) is 13.9. The molecule has 0 aliphatic heterocycles. The van der Waals surface area contributed by atoms with E-state index in [9.17, 15) is 29.4 Å². The van der Waals surface area contributed by atoms with Crippen LogP contribution in [0.2, 0.25) is 0 Å². The van der Waals surface area contributed by atoms with Gasteiger partial charge in [-0.05, 0) is 42.0 Å². The lowest BCUT2D eigenvalue weighted by atomic mass is 10.00. The molecule has 4 atom stereocenters. The second kappa shape index (κ2) is 15.3. The molecule has 8 N–H and O–H groups in total. The number of aromatic nitrogens is 2. The average Bonchev–Trinajstić information content (AvgIpc) is 3.46. The number of aromatic amines is 1. The van der Waals surface area contributed by atoms with Crippen LogP contribution in [-0.4, -0.2) is 68.0 Å². The van der Waals surface area contributed by atoms with Crippen molar-refractivity contribution in [3.63, 3.8) is 0 Å². The Balaban J connectivity index is 1.76. The number of nitrogens with zero attached hydrogens (tertiary/aromatic N) is 1. The zero-order chi connectivity index (χ0) is 30.6. The highest BCUT2D eigenvalue weighted by atomic mass is 16.4. The third-order valence-corrected chi connectivity index (χ3v) is 6.58. The summed E-state index contributed by atoms with van der Waals surface area (Å²) in [5, 5.41) is 27.3. The van der Waals surface area contributed by atoms with Crippen molar-refractivity contribution in [3.8, 4) is 5.75 Å². The highest BCUT2D eigenvalue weighted by Crippen LogP contribution is 2.13. The first kappa shape index (κ1) is 31.8. The number of nitrogens with one attached hydrogen (secondary N) is 4. The Labute approximate surface area is 244 Å². The summed E-state index contributed by atoms with van der Waals surface area (Å²) in [7, 11) is 0. The van der Waals surface area contributed by atoms with Gasteiger partial charge >= 0.3 is 5.97 Å². The Hall–Kier alpha value is -4.71. The number of carboxylic acids is 1. The molecule has 42 heavy (non-hydrogen) atoms. The van der Waals surface area contributed by atoms with E-state index < -0.39 is 47.9 Å². The SMILES string of the molecule is CC(C)CC(NC(=O)C(Cc1ccc(O)cc1)NC(=O)C(N)Cc1ccccc1)C(=O)NC(Cc1cnc[nH]1)C(=O)O. The van der Waals surface area contributed by atoms with E-state index in [-0.39, 0.29) is 37.4 Å². The van der Waals surface area contributed by atoms with E-state index in [1.54, 1.807) is 12.1 Å². The summed E-state index contributed by atoms with van der Waals surface area (Å²) >= 11 is 0. The molecule has 0 aliphatic carbocycles. The fourth-order valence-electron chi connectivity index (χ4n) is 4.38. The molecule has 4 unspecified atom stereocenters. The maximum Gasteiger partial charge on any atom is 0.326 e. The highest BCUT2D eigenvalue weighted by Gasteiger charge is 2.31. The number of carbonyl (C=O) groups excluding carboxylic acids is 3. The van der Waals surface area contributed by atoms with E-state index in [1.165, 1.54) is 24.7 Å². The van der Waals surface area contributed by atoms with Crippen LogP contribution in [-0.2, 0) is 38.4 Å². The van der Waals surface area contributed by atoms with Crippen molar-refractivity contribution in [1.29, 1.82) is 0 Å². The number of amides is 3. The number of aliphatic carboxylic acids is 1. The fraction of sp³-hybridized carbons (Fsp3) is 0.367. The third kappa shape index (κ3) is 10.0. The maximum atomic E-state index is 13.6. The predicted octanol–water partition coefficient (Wildman–Crippen LogP) is 1.06. The molecule has 0 bridgehead atoms. The van der Waals surface area contributed by atoms with Gasteiger partial charge < -0.3 is 36.9 Å². The van der Waals surface area contributed by atoms with Gasteiger partial charge in [-0.3, -0.25) is 14.4 Å². The molecule has 12 heteroatoms. The van der Waals surface area contributed by atoms with E-state index in [2.05, 4.69) is 25.9 Å². The van der Waals surface area contributed by atoms with Crippen molar-refractivity contribution < 1.29 is 29.4 Å². The molecule has 3 rings (SSSR count). The minimum Gasteiger partial charge on any atom is -0.508 e. The first-order chi connectivity index (χ1) is 20.0. The van der Waals surface area contributed by atoms with E-state index in [1.807, 2.05) is 44.2 Å². The first-order valence-corrected chi connectivity index (χ1v) is 13.7. The number of benzene rings is 2. The molecule has 2 aromatic carbocycles. The zero-order valence-corrected chi connectivity index (χ0v) is 23.6. The predicted molar refractivity (Wildman–Crippen MR) is 155 cm³/mol. The number of carboxylic acid groups (broad SMARTS) is 1. The maximum absolute atomic E-state index is 13.6. The number of nitrogens with two attached hydrogens (primary N) is 1. The summed E-state index contributed by atoms with van der Waals surface area (Å²) in [5.41, 5.74) is 8.20. The molecule has 1 heterocycles. The molecule has 1 aromatic heterocycles. The summed E-state index contributed by atoms with van der Waals surface area (Å²) in [6.07, 6.45) is 3.39. The standard InChI is InChI=1S/C30H38N6O6/c1-18(2)12-24(28(39)36-26(30(41)42)15-21-16-32-17-33-21)35-29(40)25(14-20-8-10-22(37)11-9-20)34-27(38)23(31)13-19-6-4-3-5-7-19/h3-11,16-18,23-26,37H,12-15,31H2,1-2H3,(H,32,33)(H,34,38)(H,35,40)(H,36,39)(H,41,42). The molecule has 3 aromatic rings. The van der Waals surface area contributed by atoms with Crippen molar-refractivity contribution >= 4 is 23.7 Å². The highest BCUT2D eigenvalue weighted by molar-refractivity contribution is 5.94. The molecule has 0 radical (unpaired) electrons. The van der Waals surface area contributed by atoms with Gasteiger partial charge in [-0.2, -0.15) is 0 Å². The van der Waals surface area contributed by atoms with E-state index in [0.29, 0.717) is 11.3 Å². The number of imidazole rings is 1. The number of hydrogen-bond acceptors (Lipinski definition) is 7. The summed E-state index contributed by atoms with van der Waals surface area (Å²) < 4.78 is 0. The minimum absolute atomic E-state index is 0.0255. The van der Waals surface area contributed by atoms with Gasteiger partial charge in [0.15, 0.2) is 0 Å². The van der Waals surface area contributed by atoms with E-state index in [0.717, 1.165) is 5.56 Å². The van der Waals surface area contributed by atoms with Gasteiger partial charge in [-0.15, -0.1) is 0 Å². The number of carbonyl (C=O) groups is 4. The number of rotatable bonds is 15. The largest absolute Gasteiger partial charge is 0.508 e. The molecule has 12 nitrogen and oxygen atoms in total. The van der Waals surface area contributed by atoms with Crippen LogP contribution in [0.1, 0.15) is 37.1 Å². The van der Waals surface area contributed by atoms with Gasteiger partial charge in [0.25, 0.3) is 0 Å². The molecule has 3 amide bonds. The van der Waals surface area contributed by atoms with E-state index >= 15 is 0 Å². The topological polar surface area (TPSA) is 200 Å². The van der Waals surface area contributed by atoms with E-state index in [4.69, 9.17) is 5.73 Å². The number of aromatic hydroxyl groups is 1. The molecule has 0 saturated heterocycles. The molecule has 0 spiro atoms. The molecular weight excluding hydrogens is 540 g/mol. The molecular formula is C30H38N6O6. The van der Waals surface area contributed by atoms with Crippen LogP contribution in [0.3, 0.4) is 0 Å². The lowest BCUT2D eigenvalue weighted by molar-refractivity contribution is -0.142. The Morgan fingerprint density at radius 2 is 1.40 bits per heavy atom. The Bertz CT molecular complexity index is 1310. The van der Waals surface area contributed by atoms with Crippen molar-refractivity contribution in [2.24, 2.45) is 11.7 Å². The minimum atomic E-state index is -1.26. The van der Waals surface area contributed by atoms with Gasteiger partial charge in [0.1, 0.15) is 23.9 Å². The van der Waals surface area contributed by atoms with Crippen LogP contribution < -0.4 is 21.7 Å². The number of hydrogen-bond donors (Lipinski definition) is 7. The van der Waals surface area contributed by atoms with Crippen LogP contribution in [0.15, 0.2) is 67.1 Å². The van der Waals surface area contributed by atoms with Crippen LogP contribution >= 0.6 is 0 Å². The molecule has 0 saturated carbocycles. The molecule has 0 fully saturated rings. The zero-order valence-electron chi connectivity index (χ0n) is 23.6. The smallest absolute Gasteiger partial charge is 0.326 e. The van der Waals surface area contributed by atoms with Crippen LogP contribution in [0, 0.1) is 5.92 Å². The van der Waals surface area contributed by atoms with Gasteiger partial charge in [0, 0.05) is 24.7 Å². The lowest BCUT2D eigenvalue weighted by Crippen LogP contribution is -2.58. The van der Waals surface area contributed by atoms with Crippen molar-refractivity contribution in [2.75, 3.05) is 0 Å². The first-order valence-electron chi connectivity index (χ1n) is 13.7. The van der Waals surface area contributed by atoms with Crippen LogP contribution in [0.25, 0.3) is 0 Å². The monoisotopic (exact) mass is 578 g/mol. The quantitative estimate of drug-likeness (QED) is 0.139. The average molecular weight is 579 g/mol. The van der Waals surface area contributed by atoms with Crippen LogP contribution in [0.4, 0.5) is 0 Å². The summed E-state index contributed by atoms with van der Waals surface area (Å²) in [5.74, 6) is -3.07.